The van der Waals surface area contributed by atoms with E-state index in [0.29, 0.717) is 5.75 Å². The largest absolute Gasteiger partial charge is 0.491 e. The summed E-state index contributed by atoms with van der Waals surface area (Å²) in [5, 5.41) is 2.71. The summed E-state index contributed by atoms with van der Waals surface area (Å²) in [5.74, 6) is -0.596. The van der Waals surface area contributed by atoms with E-state index >= 15 is 0 Å². The molecule has 0 unspecified atom stereocenters. The summed E-state index contributed by atoms with van der Waals surface area (Å²) in [6, 6.07) is 11.4. The molecule has 2 aromatic rings. The van der Waals surface area contributed by atoms with Crippen molar-refractivity contribution >= 4 is 21.6 Å². The normalized spacial score (nSPS) is 13.5. The SMILES string of the molecule is Cc1ccc(OC[C@@H](C)NC(=O)[C@@H](C)N(c2ccccc2F)S(C)(=O)=O)cc1. The van der Waals surface area contributed by atoms with Gasteiger partial charge < -0.3 is 10.1 Å². The zero-order valence-corrected chi connectivity index (χ0v) is 17.2. The third kappa shape index (κ3) is 5.69. The van der Waals surface area contributed by atoms with E-state index < -0.39 is 27.8 Å². The van der Waals surface area contributed by atoms with Crippen LogP contribution in [0.1, 0.15) is 19.4 Å². The number of aryl methyl sites for hydroxylation is 1. The maximum absolute atomic E-state index is 14.1. The molecule has 152 valence electrons. The fourth-order valence-electron chi connectivity index (χ4n) is 2.67. The summed E-state index contributed by atoms with van der Waals surface area (Å²) >= 11 is 0. The maximum Gasteiger partial charge on any atom is 0.243 e. The second-order valence-electron chi connectivity index (χ2n) is 6.72. The number of benzene rings is 2. The van der Waals surface area contributed by atoms with Gasteiger partial charge in [0.2, 0.25) is 15.9 Å². The van der Waals surface area contributed by atoms with Gasteiger partial charge in [0, 0.05) is 0 Å². The van der Waals surface area contributed by atoms with Crippen LogP contribution in [-0.4, -0.2) is 39.3 Å². The topological polar surface area (TPSA) is 75.7 Å². The number of hydrogen-bond acceptors (Lipinski definition) is 4. The summed E-state index contributed by atoms with van der Waals surface area (Å²) in [6.07, 6.45) is 0.938. The molecule has 0 aliphatic carbocycles. The smallest absolute Gasteiger partial charge is 0.243 e. The molecular weight excluding hydrogens is 383 g/mol. The van der Waals surface area contributed by atoms with Crippen molar-refractivity contribution in [2.24, 2.45) is 0 Å². The van der Waals surface area contributed by atoms with E-state index in [1.807, 2.05) is 31.2 Å². The van der Waals surface area contributed by atoms with E-state index in [0.717, 1.165) is 22.2 Å². The molecule has 1 N–H and O–H groups in total. The van der Waals surface area contributed by atoms with Crippen LogP contribution in [0.2, 0.25) is 0 Å². The summed E-state index contributed by atoms with van der Waals surface area (Å²) in [6.45, 7) is 5.33. The van der Waals surface area contributed by atoms with Crippen LogP contribution in [-0.2, 0) is 14.8 Å². The van der Waals surface area contributed by atoms with Crippen molar-refractivity contribution < 1.29 is 22.3 Å². The van der Waals surface area contributed by atoms with Gasteiger partial charge in [-0.1, -0.05) is 29.8 Å². The predicted octanol–water partition coefficient (Wildman–Crippen LogP) is 2.87. The number of amides is 1. The molecule has 0 heterocycles. The minimum atomic E-state index is -3.88. The van der Waals surface area contributed by atoms with E-state index in [1.165, 1.54) is 25.1 Å². The Kier molecular flexibility index (Phi) is 7.01. The Morgan fingerprint density at radius 3 is 2.32 bits per heavy atom. The minimum absolute atomic E-state index is 0.170. The molecule has 1 amide bonds. The van der Waals surface area contributed by atoms with Gasteiger partial charge in [0.15, 0.2) is 0 Å². The first-order valence-electron chi connectivity index (χ1n) is 8.83. The summed E-state index contributed by atoms with van der Waals surface area (Å²) in [7, 11) is -3.88. The van der Waals surface area contributed by atoms with Gasteiger partial charge in [-0.05, 0) is 45.0 Å². The number of carbonyl (C=O) groups excluding carboxylic acids is 1. The van der Waals surface area contributed by atoms with Crippen LogP contribution in [0.3, 0.4) is 0 Å². The lowest BCUT2D eigenvalue weighted by Crippen LogP contribution is -2.51. The average Bonchev–Trinajstić information content (AvgIpc) is 2.62. The fourth-order valence-corrected chi connectivity index (χ4v) is 3.85. The summed E-state index contributed by atoms with van der Waals surface area (Å²) < 4.78 is 45.0. The third-order valence-corrected chi connectivity index (χ3v) is 5.32. The Morgan fingerprint density at radius 1 is 1.14 bits per heavy atom. The molecule has 0 aliphatic rings. The molecule has 6 nitrogen and oxygen atoms in total. The minimum Gasteiger partial charge on any atom is -0.491 e. The van der Waals surface area contributed by atoms with Gasteiger partial charge in [-0.2, -0.15) is 0 Å². The standard InChI is InChI=1S/C20H25FN2O4S/c1-14-9-11-17(12-10-14)27-13-15(2)22-20(24)16(3)23(28(4,25)26)19-8-6-5-7-18(19)21/h5-12,15-16H,13H2,1-4H3,(H,22,24)/t15-,16-/m1/s1. The number of ether oxygens (including phenoxy) is 1. The first-order chi connectivity index (χ1) is 13.1. The lowest BCUT2D eigenvalue weighted by atomic mass is 10.2. The highest BCUT2D eigenvalue weighted by Crippen LogP contribution is 2.24. The molecule has 0 spiro atoms. The van der Waals surface area contributed by atoms with Gasteiger partial charge >= 0.3 is 0 Å². The van der Waals surface area contributed by atoms with E-state index in [-0.39, 0.29) is 18.3 Å². The number of anilines is 1. The molecule has 0 aromatic heterocycles. The van der Waals surface area contributed by atoms with Gasteiger partial charge in [-0.3, -0.25) is 9.10 Å². The molecular formula is C20H25FN2O4S. The van der Waals surface area contributed by atoms with Crippen molar-refractivity contribution in [3.05, 3.63) is 59.9 Å². The molecule has 0 radical (unpaired) electrons. The Morgan fingerprint density at radius 2 is 1.75 bits per heavy atom. The van der Waals surface area contributed by atoms with Crippen LogP contribution >= 0.6 is 0 Å². The third-order valence-electron chi connectivity index (χ3n) is 4.09. The number of rotatable bonds is 8. The molecule has 8 heteroatoms. The Bertz CT molecular complexity index is 916. The highest BCUT2D eigenvalue weighted by molar-refractivity contribution is 7.92. The molecule has 0 saturated heterocycles. The van der Waals surface area contributed by atoms with Gasteiger partial charge in [0.25, 0.3) is 0 Å². The second-order valence-corrected chi connectivity index (χ2v) is 8.58. The van der Waals surface area contributed by atoms with Crippen LogP contribution in [0.5, 0.6) is 5.75 Å². The van der Waals surface area contributed by atoms with Gasteiger partial charge in [-0.25, -0.2) is 12.8 Å². The molecule has 2 aromatic carbocycles. The quantitative estimate of drug-likeness (QED) is 0.729. The number of nitrogens with one attached hydrogen (secondary N) is 1. The molecule has 2 atom stereocenters. The number of hydrogen-bond donors (Lipinski definition) is 1. The average molecular weight is 408 g/mol. The van der Waals surface area contributed by atoms with Crippen molar-refractivity contribution in [1.29, 1.82) is 0 Å². The molecule has 0 aliphatic heterocycles. The summed E-state index contributed by atoms with van der Waals surface area (Å²) in [4.78, 5) is 12.6. The zero-order chi connectivity index (χ0) is 20.9. The molecule has 2 rings (SSSR count). The highest BCUT2D eigenvalue weighted by Gasteiger charge is 2.31. The first kappa shape index (κ1) is 21.7. The van der Waals surface area contributed by atoms with Gasteiger partial charge in [0.1, 0.15) is 24.2 Å². The lowest BCUT2D eigenvalue weighted by molar-refractivity contribution is -0.122. The Hall–Kier alpha value is -2.61. The first-order valence-corrected chi connectivity index (χ1v) is 10.7. The highest BCUT2D eigenvalue weighted by atomic mass is 32.2. The van der Waals surface area contributed by atoms with Crippen LogP contribution in [0.15, 0.2) is 48.5 Å². The van der Waals surface area contributed by atoms with Crippen LogP contribution in [0, 0.1) is 12.7 Å². The van der Waals surface area contributed by atoms with Crippen LogP contribution < -0.4 is 14.4 Å². The van der Waals surface area contributed by atoms with Crippen molar-refractivity contribution in [2.75, 3.05) is 17.2 Å². The number of nitrogens with zero attached hydrogens (tertiary/aromatic N) is 1. The van der Waals surface area contributed by atoms with Crippen molar-refractivity contribution in [3.63, 3.8) is 0 Å². The van der Waals surface area contributed by atoms with Crippen molar-refractivity contribution in [2.45, 2.75) is 32.9 Å². The van der Waals surface area contributed by atoms with Crippen molar-refractivity contribution in [3.8, 4) is 5.75 Å². The Balaban J connectivity index is 2.06. The molecule has 0 fully saturated rings. The van der Waals surface area contributed by atoms with Crippen LogP contribution in [0.25, 0.3) is 0 Å². The van der Waals surface area contributed by atoms with Crippen LogP contribution in [0.4, 0.5) is 10.1 Å². The molecule has 0 bridgehead atoms. The number of halogens is 1. The predicted molar refractivity (Wildman–Crippen MR) is 107 cm³/mol. The Labute approximate surface area is 165 Å². The summed E-state index contributed by atoms with van der Waals surface area (Å²) in [5.41, 5.74) is 0.938. The fraction of sp³-hybridized carbons (Fsp3) is 0.350. The molecule has 28 heavy (non-hydrogen) atoms. The zero-order valence-electron chi connectivity index (χ0n) is 16.3. The van der Waals surface area contributed by atoms with E-state index in [9.17, 15) is 17.6 Å². The molecule has 0 saturated carbocycles. The number of carbonyl (C=O) groups is 1. The van der Waals surface area contributed by atoms with E-state index in [2.05, 4.69) is 5.32 Å². The van der Waals surface area contributed by atoms with E-state index in [1.54, 1.807) is 6.92 Å². The maximum atomic E-state index is 14.1. The lowest BCUT2D eigenvalue weighted by Gasteiger charge is -2.29. The number of sulfonamides is 1. The monoisotopic (exact) mass is 408 g/mol. The van der Waals surface area contributed by atoms with Crippen molar-refractivity contribution in [1.82, 2.24) is 5.32 Å². The second kappa shape index (κ2) is 9.05. The van der Waals surface area contributed by atoms with Gasteiger partial charge in [-0.15, -0.1) is 0 Å². The van der Waals surface area contributed by atoms with Gasteiger partial charge in [0.05, 0.1) is 18.0 Å². The number of para-hydroxylation sites is 1. The van der Waals surface area contributed by atoms with E-state index in [4.69, 9.17) is 4.74 Å².